The van der Waals surface area contributed by atoms with Gasteiger partial charge in [-0.05, 0) is 29.8 Å². The molecule has 2 rings (SSSR count). The fraction of sp³-hybridized carbons (Fsp3) is 0.316. The number of Topliss-reactive ketones (excluding diaryl/α,β-unsaturated/α-hetero) is 1. The van der Waals surface area contributed by atoms with Crippen molar-refractivity contribution in [2.24, 2.45) is 0 Å². The van der Waals surface area contributed by atoms with Crippen molar-refractivity contribution >= 4 is 5.78 Å². The van der Waals surface area contributed by atoms with E-state index in [4.69, 9.17) is 9.47 Å². The van der Waals surface area contributed by atoms with E-state index in [1.165, 1.54) is 32.4 Å². The zero-order valence-corrected chi connectivity index (χ0v) is 14.8. The number of ether oxygens (including phenoxy) is 2. The minimum Gasteiger partial charge on any atom is -0.496 e. The highest BCUT2D eigenvalue weighted by Gasteiger charge is 2.39. The van der Waals surface area contributed by atoms with Gasteiger partial charge in [-0.1, -0.05) is 18.2 Å². The molecule has 0 aliphatic heterocycles. The summed E-state index contributed by atoms with van der Waals surface area (Å²) in [6.45, 7) is 0. The molecule has 1 atom stereocenters. The van der Waals surface area contributed by atoms with Gasteiger partial charge in [-0.2, -0.15) is 26.3 Å². The Hall–Kier alpha value is -2.71. The summed E-state index contributed by atoms with van der Waals surface area (Å²) in [6.07, 6.45) is -10.9. The van der Waals surface area contributed by atoms with Gasteiger partial charge in [-0.15, -0.1) is 0 Å². The van der Waals surface area contributed by atoms with Crippen molar-refractivity contribution in [2.75, 3.05) is 14.2 Å². The Morgan fingerprint density at radius 1 is 0.893 bits per heavy atom. The number of halogens is 6. The molecule has 3 nitrogen and oxygen atoms in total. The molecule has 2 aromatic carbocycles. The summed E-state index contributed by atoms with van der Waals surface area (Å²) >= 11 is 0. The van der Waals surface area contributed by atoms with E-state index in [1.54, 1.807) is 0 Å². The van der Waals surface area contributed by atoms with Gasteiger partial charge in [0.2, 0.25) is 0 Å². The fourth-order valence-corrected chi connectivity index (χ4v) is 2.77. The van der Waals surface area contributed by atoms with Gasteiger partial charge in [-0.3, -0.25) is 4.79 Å². The first-order valence-corrected chi connectivity index (χ1v) is 7.97. The van der Waals surface area contributed by atoms with Gasteiger partial charge in [0, 0.05) is 0 Å². The lowest BCUT2D eigenvalue weighted by atomic mass is 9.86. The van der Waals surface area contributed by atoms with Gasteiger partial charge in [0.05, 0.1) is 32.1 Å². The van der Waals surface area contributed by atoms with Crippen LogP contribution in [0, 0.1) is 0 Å². The number of hydrogen-bond donors (Lipinski definition) is 0. The third-order valence-electron chi connectivity index (χ3n) is 4.07. The van der Waals surface area contributed by atoms with E-state index in [1.807, 2.05) is 0 Å². The summed E-state index contributed by atoms with van der Waals surface area (Å²) < 4.78 is 87.6. The second-order valence-corrected chi connectivity index (χ2v) is 5.89. The highest BCUT2D eigenvalue weighted by molar-refractivity contribution is 6.05. The molecular formula is C19H16F6O3. The fourth-order valence-electron chi connectivity index (χ4n) is 2.77. The lowest BCUT2D eigenvalue weighted by Gasteiger charge is -2.21. The summed E-state index contributed by atoms with van der Waals surface area (Å²) in [6, 6.07) is 7.29. The number of benzene rings is 2. The van der Waals surface area contributed by atoms with Crippen molar-refractivity contribution in [3.63, 3.8) is 0 Å². The average Bonchev–Trinajstić information content (AvgIpc) is 2.63. The topological polar surface area (TPSA) is 35.5 Å². The largest absolute Gasteiger partial charge is 0.496 e. The van der Waals surface area contributed by atoms with Crippen LogP contribution in [0.2, 0.25) is 0 Å². The van der Waals surface area contributed by atoms with Crippen LogP contribution in [0.1, 0.15) is 33.8 Å². The van der Waals surface area contributed by atoms with Gasteiger partial charge in [-0.25, -0.2) is 0 Å². The molecule has 0 saturated heterocycles. The molecular weight excluding hydrogens is 390 g/mol. The predicted molar refractivity (Wildman–Crippen MR) is 88.7 cm³/mol. The molecule has 0 aliphatic rings. The van der Waals surface area contributed by atoms with E-state index in [9.17, 15) is 31.1 Å². The predicted octanol–water partition coefficient (Wildman–Crippen LogP) is 5.64. The average molecular weight is 406 g/mol. The maximum absolute atomic E-state index is 13.1. The van der Waals surface area contributed by atoms with Crippen LogP contribution in [0.5, 0.6) is 11.5 Å². The Kier molecular flexibility index (Phi) is 6.26. The van der Waals surface area contributed by atoms with Crippen LogP contribution < -0.4 is 9.47 Å². The maximum atomic E-state index is 13.1. The number of hydrogen-bond acceptors (Lipinski definition) is 3. The molecule has 0 bridgehead atoms. The van der Waals surface area contributed by atoms with E-state index in [2.05, 4.69) is 0 Å². The van der Waals surface area contributed by atoms with Crippen LogP contribution in [-0.4, -0.2) is 26.2 Å². The quantitative estimate of drug-likeness (QED) is 0.460. The van der Waals surface area contributed by atoms with E-state index < -0.39 is 36.0 Å². The second-order valence-electron chi connectivity index (χ2n) is 5.89. The minimum absolute atomic E-state index is 0.00318. The Morgan fingerprint density at radius 2 is 1.39 bits per heavy atom. The van der Waals surface area contributed by atoms with Crippen LogP contribution in [0.15, 0.2) is 42.5 Å². The summed E-state index contributed by atoms with van der Waals surface area (Å²) in [5.41, 5.74) is -1.42. The van der Waals surface area contributed by atoms with Crippen molar-refractivity contribution < 1.29 is 40.6 Å². The standard InChI is InChI=1S/C19H16F6O3/c1-27-14-4-3-5-15(28-2)16(14)17(26)13(10-18(20,21)22)11-6-8-12(9-7-11)19(23,24)25/h3-9,13H,10H2,1-2H3. The molecule has 0 saturated carbocycles. The lowest BCUT2D eigenvalue weighted by molar-refractivity contribution is -0.138. The van der Waals surface area contributed by atoms with E-state index in [0.29, 0.717) is 12.1 Å². The minimum atomic E-state index is -4.72. The molecule has 9 heteroatoms. The number of ketones is 1. The summed E-state index contributed by atoms with van der Waals surface area (Å²) in [5, 5.41) is 0. The smallest absolute Gasteiger partial charge is 0.416 e. The Morgan fingerprint density at radius 3 is 1.79 bits per heavy atom. The van der Waals surface area contributed by atoms with Crippen molar-refractivity contribution in [3.05, 3.63) is 59.2 Å². The molecule has 0 aromatic heterocycles. The molecule has 0 amide bonds. The van der Waals surface area contributed by atoms with Crippen LogP contribution >= 0.6 is 0 Å². The first-order chi connectivity index (χ1) is 13.0. The number of carbonyl (C=O) groups excluding carboxylic acids is 1. The Balaban J connectivity index is 2.54. The maximum Gasteiger partial charge on any atom is 0.416 e. The Labute approximate surface area is 156 Å². The molecule has 0 radical (unpaired) electrons. The molecule has 0 spiro atoms. The molecule has 0 heterocycles. The summed E-state index contributed by atoms with van der Waals surface area (Å²) in [4.78, 5) is 13.0. The number of methoxy groups -OCH3 is 2. The first kappa shape index (κ1) is 21.6. The second kappa shape index (κ2) is 8.12. The Bertz CT molecular complexity index is 803. The van der Waals surface area contributed by atoms with Gasteiger partial charge in [0.1, 0.15) is 17.1 Å². The first-order valence-electron chi connectivity index (χ1n) is 7.97. The molecule has 1 unspecified atom stereocenters. The van der Waals surface area contributed by atoms with Crippen molar-refractivity contribution in [1.82, 2.24) is 0 Å². The van der Waals surface area contributed by atoms with E-state index >= 15 is 0 Å². The molecule has 0 fully saturated rings. The van der Waals surface area contributed by atoms with Crippen LogP contribution in [0.4, 0.5) is 26.3 Å². The molecule has 0 aliphatic carbocycles. The van der Waals surface area contributed by atoms with Gasteiger partial charge >= 0.3 is 12.4 Å². The molecule has 28 heavy (non-hydrogen) atoms. The summed E-state index contributed by atoms with van der Waals surface area (Å²) in [5.74, 6) is -2.72. The monoisotopic (exact) mass is 406 g/mol. The lowest BCUT2D eigenvalue weighted by Crippen LogP contribution is -2.22. The third kappa shape index (κ3) is 4.96. The van der Waals surface area contributed by atoms with Crippen LogP contribution in [-0.2, 0) is 6.18 Å². The normalized spacial score (nSPS) is 13.1. The van der Waals surface area contributed by atoms with Gasteiger partial charge in [0.25, 0.3) is 0 Å². The number of rotatable bonds is 6. The van der Waals surface area contributed by atoms with Gasteiger partial charge in [0.15, 0.2) is 5.78 Å². The van der Waals surface area contributed by atoms with Gasteiger partial charge < -0.3 is 9.47 Å². The zero-order chi connectivity index (χ0) is 21.1. The van der Waals surface area contributed by atoms with Crippen molar-refractivity contribution in [2.45, 2.75) is 24.7 Å². The number of carbonyl (C=O) groups is 1. The SMILES string of the molecule is COc1cccc(OC)c1C(=O)C(CC(F)(F)F)c1ccc(C(F)(F)F)cc1. The molecule has 0 N–H and O–H groups in total. The third-order valence-corrected chi connectivity index (χ3v) is 4.07. The van der Waals surface area contributed by atoms with E-state index in [0.717, 1.165) is 12.1 Å². The van der Waals surface area contributed by atoms with Crippen molar-refractivity contribution in [1.29, 1.82) is 0 Å². The molecule has 2 aromatic rings. The van der Waals surface area contributed by atoms with E-state index in [-0.39, 0.29) is 22.6 Å². The zero-order valence-electron chi connectivity index (χ0n) is 14.8. The number of alkyl halides is 6. The highest BCUT2D eigenvalue weighted by atomic mass is 19.4. The van der Waals surface area contributed by atoms with Crippen LogP contribution in [0.25, 0.3) is 0 Å². The molecule has 152 valence electrons. The van der Waals surface area contributed by atoms with Crippen LogP contribution in [0.3, 0.4) is 0 Å². The summed E-state index contributed by atoms with van der Waals surface area (Å²) in [7, 11) is 2.48. The van der Waals surface area contributed by atoms with Crippen molar-refractivity contribution in [3.8, 4) is 11.5 Å². The highest BCUT2D eigenvalue weighted by Crippen LogP contribution is 2.39.